The summed E-state index contributed by atoms with van der Waals surface area (Å²) in [6.07, 6.45) is 3.09. The second kappa shape index (κ2) is 7.44. The Morgan fingerprint density at radius 3 is 2.48 bits per heavy atom. The summed E-state index contributed by atoms with van der Waals surface area (Å²) in [7, 11) is 1.32. The van der Waals surface area contributed by atoms with Crippen molar-refractivity contribution in [1.29, 1.82) is 0 Å². The molecule has 1 heterocycles. The molecule has 0 saturated carbocycles. The minimum Gasteiger partial charge on any atom is -0.465 e. The first-order chi connectivity index (χ1) is 10.9. The molecule has 4 nitrogen and oxygen atoms in total. The summed E-state index contributed by atoms with van der Waals surface area (Å²) in [4.78, 5) is 24.9. The van der Waals surface area contributed by atoms with Crippen LogP contribution in [0.1, 0.15) is 26.4 Å². The number of aryl methyl sites for hydroxylation is 1. The van der Waals surface area contributed by atoms with Gasteiger partial charge >= 0.3 is 5.97 Å². The van der Waals surface area contributed by atoms with E-state index in [-0.39, 0.29) is 5.91 Å². The van der Waals surface area contributed by atoms with Crippen LogP contribution in [-0.2, 0) is 9.53 Å². The molecular formula is C17H16ClNO3S. The van der Waals surface area contributed by atoms with Gasteiger partial charge in [-0.1, -0.05) is 23.7 Å². The zero-order valence-corrected chi connectivity index (χ0v) is 14.5. The number of ether oxygens (including phenoxy) is 1. The van der Waals surface area contributed by atoms with Crippen LogP contribution in [0.4, 0.5) is 5.00 Å². The Bertz CT molecular complexity index is 763. The number of nitrogens with one attached hydrogen (secondary N) is 1. The van der Waals surface area contributed by atoms with Crippen molar-refractivity contribution < 1.29 is 14.3 Å². The Kier molecular flexibility index (Phi) is 5.58. The average Bonchev–Trinajstić information content (AvgIpc) is 2.80. The predicted molar refractivity (Wildman–Crippen MR) is 94.2 cm³/mol. The molecule has 0 saturated heterocycles. The molecule has 1 aromatic heterocycles. The molecule has 0 aliphatic rings. The maximum absolute atomic E-state index is 12.1. The molecule has 0 bridgehead atoms. The fourth-order valence-electron chi connectivity index (χ4n) is 1.96. The van der Waals surface area contributed by atoms with E-state index in [0.29, 0.717) is 15.6 Å². The van der Waals surface area contributed by atoms with Crippen LogP contribution in [0.15, 0.2) is 30.3 Å². The van der Waals surface area contributed by atoms with Crippen molar-refractivity contribution in [2.75, 3.05) is 12.4 Å². The second-order valence-electron chi connectivity index (χ2n) is 4.85. The molecular weight excluding hydrogens is 334 g/mol. The van der Waals surface area contributed by atoms with Crippen LogP contribution < -0.4 is 5.32 Å². The van der Waals surface area contributed by atoms with E-state index in [1.54, 1.807) is 18.2 Å². The molecule has 2 rings (SSSR count). The Hall–Kier alpha value is -2.11. The Labute approximate surface area is 143 Å². The lowest BCUT2D eigenvalue weighted by Gasteiger charge is -2.04. The van der Waals surface area contributed by atoms with Crippen LogP contribution in [0.3, 0.4) is 0 Å². The molecule has 2 aromatic rings. The smallest absolute Gasteiger partial charge is 0.341 e. The largest absolute Gasteiger partial charge is 0.465 e. The number of esters is 1. The van der Waals surface area contributed by atoms with E-state index >= 15 is 0 Å². The number of carbonyl (C=O) groups excluding carboxylic acids is 2. The van der Waals surface area contributed by atoms with E-state index in [0.717, 1.165) is 16.0 Å². The van der Waals surface area contributed by atoms with Crippen molar-refractivity contribution >= 4 is 45.9 Å². The van der Waals surface area contributed by atoms with Crippen molar-refractivity contribution in [3.05, 3.63) is 56.9 Å². The Morgan fingerprint density at radius 2 is 1.87 bits per heavy atom. The van der Waals surface area contributed by atoms with Gasteiger partial charge in [0.15, 0.2) is 0 Å². The van der Waals surface area contributed by atoms with Crippen LogP contribution in [0, 0.1) is 13.8 Å². The van der Waals surface area contributed by atoms with E-state index in [9.17, 15) is 9.59 Å². The van der Waals surface area contributed by atoms with Gasteiger partial charge in [-0.05, 0) is 43.2 Å². The number of methoxy groups -OCH3 is 1. The number of halogens is 1. The minimum atomic E-state index is -0.455. The molecule has 23 heavy (non-hydrogen) atoms. The van der Waals surface area contributed by atoms with Gasteiger partial charge in [0.25, 0.3) is 0 Å². The molecule has 1 amide bonds. The molecule has 1 aromatic carbocycles. The number of anilines is 1. The van der Waals surface area contributed by atoms with Crippen molar-refractivity contribution in [2.24, 2.45) is 0 Å². The standard InChI is InChI=1S/C17H16ClNO3S/c1-10-11(2)23-16(15(10)17(21)22-3)19-14(20)9-6-12-4-7-13(18)8-5-12/h4-9H,1-3H3,(H,19,20)/b9-6+. The van der Waals surface area contributed by atoms with Crippen molar-refractivity contribution in [1.82, 2.24) is 0 Å². The molecule has 0 fully saturated rings. The minimum absolute atomic E-state index is 0.314. The van der Waals surface area contributed by atoms with E-state index in [4.69, 9.17) is 16.3 Å². The summed E-state index contributed by atoms with van der Waals surface area (Å²) >= 11 is 7.17. The van der Waals surface area contributed by atoms with Crippen LogP contribution >= 0.6 is 22.9 Å². The number of hydrogen-bond donors (Lipinski definition) is 1. The molecule has 0 radical (unpaired) electrons. The third-order valence-corrected chi connectivity index (χ3v) is 4.68. The van der Waals surface area contributed by atoms with Crippen molar-refractivity contribution in [3.8, 4) is 0 Å². The van der Waals surface area contributed by atoms with Gasteiger partial charge in [-0.3, -0.25) is 4.79 Å². The quantitative estimate of drug-likeness (QED) is 0.655. The molecule has 6 heteroatoms. The van der Waals surface area contributed by atoms with Gasteiger partial charge in [0.1, 0.15) is 5.00 Å². The third kappa shape index (κ3) is 4.21. The van der Waals surface area contributed by atoms with Gasteiger partial charge in [0, 0.05) is 16.0 Å². The van der Waals surface area contributed by atoms with Crippen LogP contribution in [-0.4, -0.2) is 19.0 Å². The fraction of sp³-hybridized carbons (Fsp3) is 0.176. The molecule has 1 N–H and O–H groups in total. The summed E-state index contributed by atoms with van der Waals surface area (Å²) in [6, 6.07) is 7.12. The maximum Gasteiger partial charge on any atom is 0.341 e. The zero-order chi connectivity index (χ0) is 17.0. The first-order valence-electron chi connectivity index (χ1n) is 6.85. The van der Waals surface area contributed by atoms with Crippen molar-refractivity contribution in [2.45, 2.75) is 13.8 Å². The Balaban J connectivity index is 2.16. The van der Waals surface area contributed by atoms with Gasteiger partial charge in [-0.25, -0.2) is 4.79 Å². The maximum atomic E-state index is 12.1. The number of thiophene rings is 1. The monoisotopic (exact) mass is 349 g/mol. The van der Waals surface area contributed by atoms with Crippen LogP contribution in [0.2, 0.25) is 5.02 Å². The predicted octanol–water partition coefficient (Wildman–Crippen LogP) is 4.46. The lowest BCUT2D eigenvalue weighted by molar-refractivity contribution is -0.111. The van der Waals surface area contributed by atoms with Crippen LogP contribution in [0.25, 0.3) is 6.08 Å². The second-order valence-corrected chi connectivity index (χ2v) is 6.51. The lowest BCUT2D eigenvalue weighted by Crippen LogP contribution is -2.11. The summed E-state index contributed by atoms with van der Waals surface area (Å²) < 4.78 is 4.78. The highest BCUT2D eigenvalue weighted by atomic mass is 35.5. The summed E-state index contributed by atoms with van der Waals surface area (Å²) in [5.74, 6) is -0.768. The summed E-state index contributed by atoms with van der Waals surface area (Å²) in [5.41, 5.74) is 2.08. The van der Waals surface area contributed by atoms with Gasteiger partial charge < -0.3 is 10.1 Å². The molecule has 0 aliphatic heterocycles. The number of amides is 1. The van der Waals surface area contributed by atoms with E-state index in [2.05, 4.69) is 5.32 Å². The highest BCUT2D eigenvalue weighted by Gasteiger charge is 2.20. The highest BCUT2D eigenvalue weighted by molar-refractivity contribution is 7.16. The SMILES string of the molecule is COC(=O)c1c(NC(=O)/C=C/c2ccc(Cl)cc2)sc(C)c1C. The van der Waals surface area contributed by atoms with E-state index in [1.165, 1.54) is 24.5 Å². The van der Waals surface area contributed by atoms with Gasteiger partial charge in [0.2, 0.25) is 5.91 Å². The normalized spacial score (nSPS) is 10.8. The van der Waals surface area contributed by atoms with Gasteiger partial charge in [-0.2, -0.15) is 0 Å². The molecule has 120 valence electrons. The average molecular weight is 350 g/mol. The first-order valence-corrected chi connectivity index (χ1v) is 8.04. The topological polar surface area (TPSA) is 55.4 Å². The van der Waals surface area contributed by atoms with E-state index in [1.807, 2.05) is 26.0 Å². The molecule has 0 unspecified atom stereocenters. The summed E-state index contributed by atoms with van der Waals surface area (Å²) in [5, 5.41) is 3.87. The highest BCUT2D eigenvalue weighted by Crippen LogP contribution is 2.32. The van der Waals surface area contributed by atoms with Gasteiger partial charge in [0.05, 0.1) is 12.7 Å². The number of hydrogen-bond acceptors (Lipinski definition) is 4. The van der Waals surface area contributed by atoms with Gasteiger partial charge in [-0.15, -0.1) is 11.3 Å². The molecule has 0 atom stereocenters. The zero-order valence-electron chi connectivity index (χ0n) is 13.0. The molecule has 0 aliphatic carbocycles. The summed E-state index contributed by atoms with van der Waals surface area (Å²) in [6.45, 7) is 3.73. The van der Waals surface area contributed by atoms with Crippen LogP contribution in [0.5, 0.6) is 0 Å². The van der Waals surface area contributed by atoms with Crippen molar-refractivity contribution in [3.63, 3.8) is 0 Å². The first kappa shape index (κ1) is 17.2. The van der Waals surface area contributed by atoms with E-state index < -0.39 is 5.97 Å². The number of carbonyl (C=O) groups is 2. The fourth-order valence-corrected chi connectivity index (χ4v) is 3.14. The Morgan fingerprint density at radius 1 is 1.22 bits per heavy atom. The number of rotatable bonds is 4. The molecule has 0 spiro atoms. The third-order valence-electron chi connectivity index (χ3n) is 3.31. The lowest BCUT2D eigenvalue weighted by atomic mass is 10.1. The number of benzene rings is 1.